The minimum absolute atomic E-state index is 0.203. The maximum absolute atomic E-state index is 5.90. The van der Waals surface area contributed by atoms with Crippen LogP contribution in [0.5, 0.6) is 5.75 Å². The molecule has 0 fully saturated rings. The summed E-state index contributed by atoms with van der Waals surface area (Å²) in [6, 6.07) is 9.71. The second-order valence-corrected chi connectivity index (χ2v) is 4.28. The first-order valence-electron chi connectivity index (χ1n) is 6.02. The number of nitrogens with zero attached hydrogens (tertiary/aromatic N) is 1. The van der Waals surface area contributed by atoms with Crippen molar-refractivity contribution in [3.63, 3.8) is 0 Å². The van der Waals surface area contributed by atoms with Crippen molar-refractivity contribution in [1.29, 1.82) is 0 Å². The number of nitrogens with two attached hydrogens (primary N) is 1. The molecule has 0 aliphatic carbocycles. The maximum Gasteiger partial charge on any atom is 0.146 e. The van der Waals surface area contributed by atoms with Gasteiger partial charge in [0.15, 0.2) is 0 Å². The van der Waals surface area contributed by atoms with E-state index in [-0.39, 0.29) is 6.10 Å². The van der Waals surface area contributed by atoms with E-state index in [0.29, 0.717) is 5.82 Å². The fourth-order valence-electron chi connectivity index (χ4n) is 1.91. The van der Waals surface area contributed by atoms with Crippen LogP contribution in [0.15, 0.2) is 30.3 Å². The molecule has 2 rings (SSSR count). The second kappa shape index (κ2) is 5.04. The van der Waals surface area contributed by atoms with Gasteiger partial charge in [0.1, 0.15) is 17.1 Å². The lowest BCUT2D eigenvalue weighted by molar-refractivity contribution is 0.212. The number of rotatable bonds is 4. The van der Waals surface area contributed by atoms with Gasteiger partial charge in [0, 0.05) is 5.39 Å². The topological polar surface area (TPSA) is 48.1 Å². The summed E-state index contributed by atoms with van der Waals surface area (Å²) in [5.74, 6) is 1.34. The zero-order valence-corrected chi connectivity index (χ0v) is 10.3. The van der Waals surface area contributed by atoms with Crippen LogP contribution in [-0.4, -0.2) is 11.1 Å². The summed E-state index contributed by atoms with van der Waals surface area (Å²) in [7, 11) is 0. The van der Waals surface area contributed by atoms with E-state index in [0.717, 1.165) is 29.5 Å². The molecule has 3 nitrogen and oxygen atoms in total. The third kappa shape index (κ3) is 2.67. The van der Waals surface area contributed by atoms with Crippen molar-refractivity contribution in [2.24, 2.45) is 0 Å². The van der Waals surface area contributed by atoms with Gasteiger partial charge in [-0.1, -0.05) is 25.5 Å². The van der Waals surface area contributed by atoms with Crippen molar-refractivity contribution in [2.45, 2.75) is 32.8 Å². The van der Waals surface area contributed by atoms with Crippen molar-refractivity contribution >= 4 is 16.7 Å². The number of fused-ring (bicyclic) bond motifs is 1. The number of nitrogen functional groups attached to an aromatic ring is 1. The molecule has 0 aliphatic rings. The van der Waals surface area contributed by atoms with E-state index in [1.54, 1.807) is 0 Å². The Kier molecular flexibility index (Phi) is 3.47. The van der Waals surface area contributed by atoms with Gasteiger partial charge in [0.2, 0.25) is 0 Å². The Morgan fingerprint density at radius 3 is 2.88 bits per heavy atom. The number of para-hydroxylation sites is 1. The van der Waals surface area contributed by atoms with Crippen LogP contribution in [0.1, 0.15) is 26.7 Å². The summed E-state index contributed by atoms with van der Waals surface area (Å²) >= 11 is 0. The fourth-order valence-corrected chi connectivity index (χ4v) is 1.91. The average Bonchev–Trinajstić information content (AvgIpc) is 2.30. The van der Waals surface area contributed by atoms with Crippen molar-refractivity contribution in [3.8, 4) is 5.75 Å². The highest BCUT2D eigenvalue weighted by molar-refractivity contribution is 5.85. The molecular weight excluding hydrogens is 212 g/mol. The molecule has 2 aromatic rings. The molecule has 0 bridgehead atoms. The van der Waals surface area contributed by atoms with Crippen LogP contribution in [0, 0.1) is 0 Å². The number of pyridine rings is 1. The summed E-state index contributed by atoms with van der Waals surface area (Å²) in [6.45, 7) is 4.23. The van der Waals surface area contributed by atoms with Crippen LogP contribution in [0.25, 0.3) is 10.9 Å². The molecule has 0 radical (unpaired) electrons. The highest BCUT2D eigenvalue weighted by Gasteiger charge is 2.07. The van der Waals surface area contributed by atoms with Gasteiger partial charge < -0.3 is 10.5 Å². The third-order valence-electron chi connectivity index (χ3n) is 2.73. The van der Waals surface area contributed by atoms with Gasteiger partial charge in [0.25, 0.3) is 0 Å². The standard InChI is InChI=1S/C14H18N2O/c1-3-5-10(2)17-12-7-4-6-11-8-9-13(15)16-14(11)12/h4,6-10H,3,5H2,1-2H3,(H2,15,16). The highest BCUT2D eigenvalue weighted by Crippen LogP contribution is 2.25. The first-order valence-corrected chi connectivity index (χ1v) is 6.02. The predicted octanol–water partition coefficient (Wildman–Crippen LogP) is 3.38. The molecule has 2 N–H and O–H groups in total. The Balaban J connectivity index is 2.36. The fraction of sp³-hybridized carbons (Fsp3) is 0.357. The quantitative estimate of drug-likeness (QED) is 0.875. The largest absolute Gasteiger partial charge is 0.488 e. The van der Waals surface area contributed by atoms with Gasteiger partial charge in [-0.25, -0.2) is 4.98 Å². The Morgan fingerprint density at radius 1 is 1.29 bits per heavy atom. The summed E-state index contributed by atoms with van der Waals surface area (Å²) in [4.78, 5) is 4.34. The zero-order valence-electron chi connectivity index (χ0n) is 10.3. The number of benzene rings is 1. The molecular formula is C14H18N2O. The normalized spacial score (nSPS) is 12.6. The summed E-state index contributed by atoms with van der Waals surface area (Å²) < 4.78 is 5.90. The van der Waals surface area contributed by atoms with E-state index in [9.17, 15) is 0 Å². The lowest BCUT2D eigenvalue weighted by atomic mass is 10.2. The lowest BCUT2D eigenvalue weighted by Gasteiger charge is -2.15. The molecule has 0 saturated carbocycles. The molecule has 1 unspecified atom stereocenters. The number of hydrogen-bond donors (Lipinski definition) is 1. The molecule has 17 heavy (non-hydrogen) atoms. The lowest BCUT2D eigenvalue weighted by Crippen LogP contribution is -2.11. The molecule has 0 spiro atoms. The Labute approximate surface area is 102 Å². The van der Waals surface area contributed by atoms with Crippen LogP contribution in [-0.2, 0) is 0 Å². The van der Waals surface area contributed by atoms with Crippen molar-refractivity contribution in [2.75, 3.05) is 5.73 Å². The van der Waals surface area contributed by atoms with E-state index in [1.165, 1.54) is 0 Å². The molecule has 1 aromatic carbocycles. The maximum atomic E-state index is 5.90. The van der Waals surface area contributed by atoms with E-state index in [1.807, 2.05) is 30.3 Å². The molecule has 0 amide bonds. The molecule has 1 aromatic heterocycles. The average molecular weight is 230 g/mol. The number of aromatic nitrogens is 1. The Morgan fingerprint density at radius 2 is 2.12 bits per heavy atom. The smallest absolute Gasteiger partial charge is 0.146 e. The SMILES string of the molecule is CCCC(C)Oc1cccc2ccc(N)nc12. The minimum atomic E-state index is 0.203. The summed E-state index contributed by atoms with van der Waals surface area (Å²) in [6.07, 6.45) is 2.36. The van der Waals surface area contributed by atoms with Gasteiger partial charge in [-0.15, -0.1) is 0 Å². The number of anilines is 1. The second-order valence-electron chi connectivity index (χ2n) is 4.28. The minimum Gasteiger partial charge on any atom is -0.488 e. The van der Waals surface area contributed by atoms with Crippen molar-refractivity contribution in [3.05, 3.63) is 30.3 Å². The summed E-state index contributed by atoms with van der Waals surface area (Å²) in [5, 5.41) is 1.06. The molecule has 90 valence electrons. The van der Waals surface area contributed by atoms with Gasteiger partial charge in [0.05, 0.1) is 6.10 Å². The van der Waals surface area contributed by atoms with Crippen molar-refractivity contribution in [1.82, 2.24) is 4.98 Å². The van der Waals surface area contributed by atoms with Crippen molar-refractivity contribution < 1.29 is 4.74 Å². The highest BCUT2D eigenvalue weighted by atomic mass is 16.5. The molecule has 1 atom stereocenters. The van der Waals surface area contributed by atoms with Gasteiger partial charge >= 0.3 is 0 Å². The van der Waals surface area contributed by atoms with Crippen LogP contribution in [0.3, 0.4) is 0 Å². The molecule has 3 heteroatoms. The molecule has 0 aliphatic heterocycles. The van der Waals surface area contributed by atoms with Crippen LogP contribution >= 0.6 is 0 Å². The molecule has 0 saturated heterocycles. The first kappa shape index (κ1) is 11.7. The van der Waals surface area contributed by atoms with E-state index in [4.69, 9.17) is 10.5 Å². The van der Waals surface area contributed by atoms with Crippen LogP contribution in [0.2, 0.25) is 0 Å². The number of hydrogen-bond acceptors (Lipinski definition) is 3. The number of ether oxygens (including phenoxy) is 1. The summed E-state index contributed by atoms with van der Waals surface area (Å²) in [5.41, 5.74) is 6.56. The van der Waals surface area contributed by atoms with E-state index >= 15 is 0 Å². The van der Waals surface area contributed by atoms with Gasteiger partial charge in [-0.2, -0.15) is 0 Å². The Hall–Kier alpha value is -1.77. The monoisotopic (exact) mass is 230 g/mol. The van der Waals surface area contributed by atoms with E-state index < -0.39 is 0 Å². The third-order valence-corrected chi connectivity index (χ3v) is 2.73. The van der Waals surface area contributed by atoms with Gasteiger partial charge in [-0.05, 0) is 31.5 Å². The zero-order chi connectivity index (χ0) is 12.3. The van der Waals surface area contributed by atoms with Crippen LogP contribution in [0.4, 0.5) is 5.82 Å². The molecule has 1 heterocycles. The van der Waals surface area contributed by atoms with Crippen LogP contribution < -0.4 is 10.5 Å². The van der Waals surface area contributed by atoms with E-state index in [2.05, 4.69) is 18.8 Å². The Bertz CT molecular complexity index is 511. The van der Waals surface area contributed by atoms with Gasteiger partial charge in [-0.3, -0.25) is 0 Å². The predicted molar refractivity (Wildman–Crippen MR) is 71.2 cm³/mol. The first-order chi connectivity index (χ1) is 8.20.